The van der Waals surface area contributed by atoms with Crippen LogP contribution in [0.3, 0.4) is 0 Å². The van der Waals surface area contributed by atoms with Gasteiger partial charge in [-0.2, -0.15) is 4.72 Å². The van der Waals surface area contributed by atoms with E-state index in [2.05, 4.69) is 42.5 Å². The number of carboxylic acid groups (broad SMARTS) is 1. The Morgan fingerprint density at radius 2 is 0.667 bits per heavy atom. The number of para-hydroxylation sites is 3. The molecule has 0 spiro atoms. The molecule has 84 heavy (non-hydrogen) atoms. The van der Waals surface area contributed by atoms with Crippen LogP contribution in [0.1, 0.15) is 109 Å². The number of fused-ring (bicyclic) bond motifs is 15. The van der Waals surface area contributed by atoms with Gasteiger partial charge in [-0.15, -0.1) is 0 Å². The molecule has 2 unspecified atom stereocenters. The second-order valence-corrected chi connectivity index (χ2v) is 21.7. The molecule has 0 saturated carbocycles. The maximum absolute atomic E-state index is 14.1. The third kappa shape index (κ3) is 16.5. The van der Waals surface area contributed by atoms with Gasteiger partial charge >= 0.3 is 5.97 Å². The van der Waals surface area contributed by atoms with Crippen molar-refractivity contribution >= 4 is 63.3 Å². The number of rotatable bonds is 4. The van der Waals surface area contributed by atoms with Gasteiger partial charge in [-0.25, -0.2) is 8.42 Å². The number of nitrogens with one attached hydrogen (secondary N) is 9. The number of hydrogen-bond acceptors (Lipinski definition) is 17. The lowest BCUT2D eigenvalue weighted by Crippen LogP contribution is -2.46. The zero-order chi connectivity index (χ0) is 60.5. The van der Waals surface area contributed by atoms with E-state index in [1.54, 1.807) is 17.1 Å². The van der Waals surface area contributed by atoms with Gasteiger partial charge in [0.25, 0.3) is 47.3 Å². The summed E-state index contributed by atoms with van der Waals surface area (Å²) in [6.07, 6.45) is 4.18. The minimum Gasteiger partial charge on any atom is -0.506 e. The van der Waals surface area contributed by atoms with Crippen molar-refractivity contribution in [1.82, 2.24) is 57.1 Å². The number of carboxylic acids is 1. The first-order valence-corrected chi connectivity index (χ1v) is 28.6. The van der Waals surface area contributed by atoms with E-state index in [0.717, 1.165) is 12.1 Å². The number of carbonyl (C=O) groups is 9. The Balaban J connectivity index is 1.34. The molecule has 27 nitrogen and oxygen atoms in total. The molecule has 4 aromatic carbocycles. The predicted molar refractivity (Wildman–Crippen MR) is 301 cm³/mol. The van der Waals surface area contributed by atoms with Crippen molar-refractivity contribution in [3.05, 3.63) is 123 Å². The summed E-state index contributed by atoms with van der Waals surface area (Å²) in [4.78, 5) is 125. The Hall–Kier alpha value is -9.12. The highest BCUT2D eigenvalue weighted by Gasteiger charge is 2.28. The third-order valence-electron chi connectivity index (χ3n) is 14.3. The fourth-order valence-electron chi connectivity index (χ4n) is 9.58. The van der Waals surface area contributed by atoms with Crippen LogP contribution in [0, 0.1) is 11.8 Å². The van der Waals surface area contributed by atoms with E-state index in [4.69, 9.17) is 0 Å². The predicted octanol–water partition coefficient (Wildman–Crippen LogP) is -0.195. The van der Waals surface area contributed by atoms with Crippen LogP contribution >= 0.6 is 0 Å². The highest BCUT2D eigenvalue weighted by atomic mass is 32.2. The van der Waals surface area contributed by atoms with Crippen LogP contribution in [0.4, 0.5) is 0 Å². The van der Waals surface area contributed by atoms with Gasteiger partial charge in [-0.3, -0.25) is 53.0 Å². The van der Waals surface area contributed by atoms with Gasteiger partial charge in [0.05, 0.1) is 49.4 Å². The Bertz CT molecular complexity index is 3230. The summed E-state index contributed by atoms with van der Waals surface area (Å²) in [5.41, 5.74) is -2.45. The fraction of sp³-hybridized carbons (Fsp3) is 0.375. The van der Waals surface area contributed by atoms with Gasteiger partial charge in [0.1, 0.15) is 29.5 Å². The van der Waals surface area contributed by atoms with E-state index in [9.17, 15) is 77.1 Å². The second-order valence-electron chi connectivity index (χ2n) is 20.0. The van der Waals surface area contributed by atoms with Crippen LogP contribution < -0.4 is 47.3 Å². The van der Waals surface area contributed by atoms with Crippen molar-refractivity contribution in [2.24, 2.45) is 11.8 Å². The number of carbonyl (C=O) groups excluding carboxylic acids is 8. The van der Waals surface area contributed by atoms with Gasteiger partial charge in [-0.1, -0.05) is 30.4 Å². The molecule has 2 atom stereocenters. The van der Waals surface area contributed by atoms with E-state index in [0.29, 0.717) is 0 Å². The summed E-state index contributed by atoms with van der Waals surface area (Å²) in [6, 6.07) is 14.0. The first-order chi connectivity index (χ1) is 40.2. The third-order valence-corrected chi connectivity index (χ3v) is 15.7. The van der Waals surface area contributed by atoms with Crippen molar-refractivity contribution in [1.29, 1.82) is 0 Å². The molecule has 0 aromatic heterocycles. The highest BCUT2D eigenvalue weighted by Crippen LogP contribution is 2.29. The van der Waals surface area contributed by atoms with Crippen LogP contribution in [-0.2, 0) is 14.8 Å². The highest BCUT2D eigenvalue weighted by molar-refractivity contribution is 7.89. The molecule has 0 radical (unpaired) electrons. The molecular weight excluding hydrogens is 1110 g/mol. The molecule has 4 heterocycles. The first kappa shape index (κ1) is 62.5. The molecule has 8 rings (SSSR count). The minimum atomic E-state index is -4.73. The van der Waals surface area contributed by atoms with Gasteiger partial charge in [-0.05, 0) is 86.1 Å². The Kier molecular flexibility index (Phi) is 21.7. The first-order valence-electron chi connectivity index (χ1n) is 27.1. The minimum absolute atomic E-state index is 0.00959. The Morgan fingerprint density at radius 1 is 0.417 bits per heavy atom. The number of aromatic hydroxyl groups is 4. The number of phenols is 4. The smallest absolute Gasteiger partial charge is 0.318 e. The molecule has 0 aliphatic carbocycles. The number of allylic oxidation sites excluding steroid dienone is 2. The van der Waals surface area contributed by atoms with Crippen LogP contribution in [0.25, 0.3) is 0 Å². The molecule has 28 heteroatoms. The average molecular weight is 1180 g/mol. The summed E-state index contributed by atoms with van der Waals surface area (Å²) in [6.45, 7) is -1.22. The van der Waals surface area contributed by atoms with E-state index in [1.807, 2.05) is 9.62 Å². The molecule has 14 N–H and O–H groups in total. The lowest BCUT2D eigenvalue weighted by Gasteiger charge is -2.28. The number of nitrogens with zero attached hydrogens (tertiary/aromatic N) is 2. The molecular formula is C56H67N11O16S. The second kappa shape index (κ2) is 29.2. The normalized spacial score (nSPS) is 21.3. The molecule has 0 saturated heterocycles. The molecule has 12 bridgehead atoms. The lowest BCUT2D eigenvalue weighted by atomic mass is 9.94. The zero-order valence-electron chi connectivity index (χ0n) is 45.6. The molecule has 4 aliphatic heterocycles. The molecule has 4 aliphatic rings. The largest absolute Gasteiger partial charge is 0.506 e. The van der Waals surface area contributed by atoms with Crippen molar-refractivity contribution in [3.8, 4) is 23.0 Å². The number of benzene rings is 4. The van der Waals surface area contributed by atoms with Gasteiger partial charge in [0.2, 0.25) is 10.0 Å². The number of hydrogen-bond donors (Lipinski definition) is 14. The Morgan fingerprint density at radius 3 is 0.940 bits per heavy atom. The summed E-state index contributed by atoms with van der Waals surface area (Å²) >= 11 is 0. The monoisotopic (exact) mass is 1180 g/mol. The molecule has 448 valence electrons. The summed E-state index contributed by atoms with van der Waals surface area (Å²) in [5.74, 6) is -11.5. The maximum Gasteiger partial charge on any atom is 0.318 e. The lowest BCUT2D eigenvalue weighted by molar-refractivity contribution is -0.135. The molecule has 4 aromatic rings. The van der Waals surface area contributed by atoms with Gasteiger partial charge in [0.15, 0.2) is 0 Å². The summed E-state index contributed by atoms with van der Waals surface area (Å²) in [5, 5.41) is 76.6. The van der Waals surface area contributed by atoms with Crippen molar-refractivity contribution in [2.45, 2.75) is 30.6 Å². The van der Waals surface area contributed by atoms with E-state index in [-0.39, 0.29) is 151 Å². The van der Waals surface area contributed by atoms with Crippen LogP contribution in [0.2, 0.25) is 0 Å². The van der Waals surface area contributed by atoms with Gasteiger partial charge < -0.3 is 68.1 Å². The number of aliphatic carboxylic acids is 1. The molecule has 8 amide bonds. The number of amides is 8. The van der Waals surface area contributed by atoms with Crippen LogP contribution in [-0.4, -0.2) is 195 Å². The van der Waals surface area contributed by atoms with Gasteiger partial charge in [0, 0.05) is 91.6 Å². The van der Waals surface area contributed by atoms with E-state index < -0.39 is 121 Å². The van der Waals surface area contributed by atoms with Crippen molar-refractivity contribution in [3.63, 3.8) is 0 Å². The quantitative estimate of drug-likeness (QED) is 0.118. The number of sulfonamides is 1. The number of phenolic OH excluding ortho intramolecular Hbond substituents is 4. The topological polar surface area (TPSA) is 404 Å². The van der Waals surface area contributed by atoms with Crippen molar-refractivity contribution < 1.29 is 77.1 Å². The molecule has 0 fully saturated rings. The summed E-state index contributed by atoms with van der Waals surface area (Å²) in [7, 11) is -4.73. The van der Waals surface area contributed by atoms with Crippen LogP contribution in [0.15, 0.2) is 83.8 Å². The van der Waals surface area contributed by atoms with Crippen LogP contribution in [0.5, 0.6) is 23.0 Å². The summed E-state index contributed by atoms with van der Waals surface area (Å²) < 4.78 is 28.8. The van der Waals surface area contributed by atoms with Crippen molar-refractivity contribution in [2.75, 3.05) is 98.2 Å². The maximum atomic E-state index is 14.1. The fourth-order valence-corrected chi connectivity index (χ4v) is 10.6. The van der Waals surface area contributed by atoms with E-state index >= 15 is 0 Å². The zero-order valence-corrected chi connectivity index (χ0v) is 46.4. The standard InChI is InChI=1S/C56H67N11O16S/c68-44(69)32-65-84(82,83)35-30-42-48(73)43(31-35)56(81)64-23-27-67-26-22-63-54(79)41-9-3-6-38(47(41)72)51(76)59-18-14-34(15-19-60-55(42)80)11-10-33-12-16-57-49(74)36-4-1-7-39(45(36)70)52(77)61-20-24-66(28-29-67)25-21-62-53(78)40-8-2-5-37(46(40)71)50(75)58-17-13-33/h1-11,30-31,33-34,65,70-73H,12-29,32H2,(H,57,74)(H,58,75)(H,59,76)(H,60,80)(H,61,77)(H,62,78)(H,63,79)(H,64,81)(H,68,69)/b11-10+. The average Bonchev–Trinajstić information content (AvgIpc) is 3.41. The SMILES string of the molecule is O=C(O)CNS(=O)(=O)c1cc2c(O)c(c1)C(=O)NCCN1CCNC(=O)c3cccc(c3O)C(=O)NCCC(/C=C/C3CCNC(=O)c4cccc(c4O)C(=O)NCCN(CCNC(=O)c4cccc(c4O)C(=O)NCC3)CC1)CCNC2=O. The Labute approximate surface area is 482 Å². The van der Waals surface area contributed by atoms with E-state index in [1.165, 1.54) is 54.6 Å².